The quantitative estimate of drug-likeness (QED) is 0.834. The Morgan fingerprint density at radius 1 is 1.18 bits per heavy atom. The molecule has 7 heteroatoms. The van der Waals surface area contributed by atoms with Gasteiger partial charge >= 0.3 is 0 Å². The second kappa shape index (κ2) is 5.96. The fourth-order valence-corrected chi connectivity index (χ4v) is 3.79. The molecule has 1 aliphatic rings. The van der Waals surface area contributed by atoms with E-state index in [1.54, 1.807) is 20.8 Å². The van der Waals surface area contributed by atoms with Gasteiger partial charge in [0.25, 0.3) is 5.56 Å². The Morgan fingerprint density at radius 3 is 2.32 bits per heavy atom. The van der Waals surface area contributed by atoms with Crippen LogP contribution in [0.5, 0.6) is 0 Å². The van der Waals surface area contributed by atoms with Crippen LogP contribution in [-0.4, -0.2) is 36.2 Å². The Bertz CT molecular complexity index is 723. The molecule has 1 aromatic heterocycles. The molecule has 1 saturated heterocycles. The van der Waals surface area contributed by atoms with E-state index in [4.69, 9.17) is 0 Å². The summed E-state index contributed by atoms with van der Waals surface area (Å²) >= 11 is 0. The summed E-state index contributed by atoms with van der Waals surface area (Å²) in [5.74, 6) is -0.120. The van der Waals surface area contributed by atoms with Crippen LogP contribution in [0.25, 0.3) is 0 Å². The Kier molecular flexibility index (Phi) is 4.58. The van der Waals surface area contributed by atoms with Gasteiger partial charge in [-0.25, -0.2) is 8.42 Å². The molecule has 2 rings (SSSR count). The van der Waals surface area contributed by atoms with Crippen LogP contribution < -0.4 is 5.56 Å². The average molecular weight is 326 g/mol. The van der Waals surface area contributed by atoms with Crippen molar-refractivity contribution in [2.75, 3.05) is 13.1 Å². The van der Waals surface area contributed by atoms with Crippen LogP contribution in [0.4, 0.5) is 0 Å². The van der Waals surface area contributed by atoms with Gasteiger partial charge in [0.05, 0.1) is 11.4 Å². The molecule has 0 saturated carbocycles. The van der Waals surface area contributed by atoms with Gasteiger partial charge in [-0.2, -0.15) is 4.31 Å². The zero-order valence-corrected chi connectivity index (χ0v) is 14.0. The number of hydrogen-bond acceptors (Lipinski definition) is 4. The molecule has 0 aliphatic carbocycles. The molecule has 122 valence electrons. The molecule has 6 nitrogen and oxygen atoms in total. The lowest BCUT2D eigenvalue weighted by Crippen LogP contribution is -2.32. The van der Waals surface area contributed by atoms with E-state index in [1.807, 2.05) is 0 Å². The molecule has 0 unspecified atom stereocenters. The highest BCUT2D eigenvalue weighted by Crippen LogP contribution is 2.20. The molecule has 1 aliphatic heterocycles. The number of hydrogen-bond donors (Lipinski definition) is 0. The van der Waals surface area contributed by atoms with Gasteiger partial charge < -0.3 is 4.57 Å². The zero-order chi connectivity index (χ0) is 16.5. The van der Waals surface area contributed by atoms with Crippen LogP contribution in [0.1, 0.15) is 33.6 Å². The molecule has 1 aromatic rings. The third-order valence-corrected chi connectivity index (χ3v) is 5.69. The summed E-state index contributed by atoms with van der Waals surface area (Å²) in [5, 5.41) is 0. The van der Waals surface area contributed by atoms with Crippen molar-refractivity contribution in [3.8, 4) is 0 Å². The molecular formula is C15H22N2O4S. The fourth-order valence-electron chi connectivity index (χ4n) is 2.25. The van der Waals surface area contributed by atoms with E-state index in [1.165, 1.54) is 27.2 Å². The zero-order valence-electron chi connectivity index (χ0n) is 13.2. The van der Waals surface area contributed by atoms with E-state index in [2.05, 4.69) is 0 Å². The summed E-state index contributed by atoms with van der Waals surface area (Å²) in [7, 11) is -3.59. The van der Waals surface area contributed by atoms with E-state index in [0.29, 0.717) is 13.1 Å². The van der Waals surface area contributed by atoms with Crippen LogP contribution >= 0.6 is 0 Å². The molecule has 1 fully saturated rings. The molecular weight excluding hydrogens is 304 g/mol. The van der Waals surface area contributed by atoms with Gasteiger partial charge in [0.1, 0.15) is 0 Å². The summed E-state index contributed by atoms with van der Waals surface area (Å²) in [4.78, 5) is 24.0. The van der Waals surface area contributed by atoms with Crippen molar-refractivity contribution in [1.29, 1.82) is 0 Å². The first kappa shape index (κ1) is 16.9. The van der Waals surface area contributed by atoms with Crippen molar-refractivity contribution in [3.05, 3.63) is 28.7 Å². The molecule has 22 heavy (non-hydrogen) atoms. The van der Waals surface area contributed by atoms with Crippen molar-refractivity contribution < 1.29 is 13.2 Å². The fraction of sp³-hybridized carbons (Fsp3) is 0.600. The summed E-state index contributed by atoms with van der Waals surface area (Å²) in [6, 6.07) is 2.52. The number of sulfonamides is 1. The maximum absolute atomic E-state index is 12.5. The van der Waals surface area contributed by atoms with Gasteiger partial charge in [-0.1, -0.05) is 20.8 Å². The topological polar surface area (TPSA) is 76.5 Å². The van der Waals surface area contributed by atoms with E-state index in [9.17, 15) is 18.0 Å². The van der Waals surface area contributed by atoms with E-state index in [0.717, 1.165) is 12.8 Å². The maximum Gasteiger partial charge on any atom is 0.250 e. The minimum Gasteiger partial charge on any atom is -0.307 e. The average Bonchev–Trinajstić information content (AvgIpc) is 2.94. The standard InChI is InChI=1S/C15H22N2O4S/c1-15(2,3)13(18)11-16-10-12(6-7-14(16)19)22(20,21)17-8-4-5-9-17/h6-7,10H,4-5,8-9,11H2,1-3H3. The number of carbonyl (C=O) groups is 1. The summed E-state index contributed by atoms with van der Waals surface area (Å²) in [6.45, 7) is 6.19. The molecule has 0 radical (unpaired) electrons. The molecule has 0 bridgehead atoms. The van der Waals surface area contributed by atoms with Gasteiger partial charge in [-0.05, 0) is 18.9 Å². The predicted molar refractivity (Wildman–Crippen MR) is 83.2 cm³/mol. The Hall–Kier alpha value is -1.47. The van der Waals surface area contributed by atoms with Gasteiger partial charge in [0, 0.05) is 30.8 Å². The first-order valence-corrected chi connectivity index (χ1v) is 8.80. The molecule has 0 atom stereocenters. The number of pyridine rings is 1. The third kappa shape index (κ3) is 3.47. The largest absolute Gasteiger partial charge is 0.307 e. The lowest BCUT2D eigenvalue weighted by molar-refractivity contribution is -0.126. The van der Waals surface area contributed by atoms with Crippen molar-refractivity contribution in [3.63, 3.8) is 0 Å². The van der Waals surface area contributed by atoms with Crippen molar-refractivity contribution in [2.24, 2.45) is 5.41 Å². The monoisotopic (exact) mass is 326 g/mol. The van der Waals surface area contributed by atoms with Gasteiger partial charge in [-0.15, -0.1) is 0 Å². The number of ketones is 1. The highest BCUT2D eigenvalue weighted by Gasteiger charge is 2.28. The molecule has 2 heterocycles. The minimum absolute atomic E-state index is 0.0655. The molecule has 0 aromatic carbocycles. The summed E-state index contributed by atoms with van der Waals surface area (Å²) in [6.07, 6.45) is 2.97. The van der Waals surface area contributed by atoms with Crippen LogP contribution in [0.15, 0.2) is 28.0 Å². The Morgan fingerprint density at radius 2 is 1.77 bits per heavy atom. The van der Waals surface area contributed by atoms with E-state index in [-0.39, 0.29) is 22.8 Å². The highest BCUT2D eigenvalue weighted by atomic mass is 32.2. The van der Waals surface area contributed by atoms with Crippen LogP contribution in [0.2, 0.25) is 0 Å². The predicted octanol–water partition coefficient (Wildman–Crippen LogP) is 1.25. The Balaban J connectivity index is 2.35. The van der Waals surface area contributed by atoms with Crippen molar-refractivity contribution in [1.82, 2.24) is 8.87 Å². The molecule has 0 amide bonds. The normalized spacial score (nSPS) is 16.9. The Labute approximate surface area is 130 Å². The smallest absolute Gasteiger partial charge is 0.250 e. The second-order valence-corrected chi connectivity index (χ2v) is 8.55. The highest BCUT2D eigenvalue weighted by molar-refractivity contribution is 7.89. The van der Waals surface area contributed by atoms with Gasteiger partial charge in [0.15, 0.2) is 5.78 Å². The molecule has 0 N–H and O–H groups in total. The lowest BCUT2D eigenvalue weighted by Gasteiger charge is -2.19. The molecule has 0 spiro atoms. The van der Waals surface area contributed by atoms with Crippen LogP contribution in [0, 0.1) is 5.41 Å². The SMILES string of the molecule is CC(C)(C)C(=O)Cn1cc(S(=O)(=O)N2CCCC2)ccc1=O. The summed E-state index contributed by atoms with van der Waals surface area (Å²) in [5.41, 5.74) is -0.957. The second-order valence-electron chi connectivity index (χ2n) is 6.62. The van der Waals surface area contributed by atoms with Crippen molar-refractivity contribution >= 4 is 15.8 Å². The third-order valence-electron chi connectivity index (χ3n) is 3.81. The number of rotatable bonds is 4. The van der Waals surface area contributed by atoms with Crippen molar-refractivity contribution in [2.45, 2.75) is 45.1 Å². The number of Topliss-reactive ketones (excluding diaryl/α,β-unsaturated/α-hetero) is 1. The number of nitrogens with zero attached hydrogens (tertiary/aromatic N) is 2. The number of aromatic nitrogens is 1. The first-order chi connectivity index (χ1) is 10.1. The van der Waals surface area contributed by atoms with Gasteiger partial charge in [0.2, 0.25) is 10.0 Å². The van der Waals surface area contributed by atoms with E-state index < -0.39 is 15.4 Å². The maximum atomic E-state index is 12.5. The first-order valence-electron chi connectivity index (χ1n) is 7.36. The van der Waals surface area contributed by atoms with E-state index >= 15 is 0 Å². The minimum atomic E-state index is -3.59. The van der Waals surface area contributed by atoms with Gasteiger partial charge in [-0.3, -0.25) is 9.59 Å². The summed E-state index contributed by atoms with van der Waals surface area (Å²) < 4.78 is 27.6. The lowest BCUT2D eigenvalue weighted by atomic mass is 9.91. The van der Waals surface area contributed by atoms with Crippen LogP contribution in [-0.2, 0) is 21.4 Å². The van der Waals surface area contributed by atoms with Crippen LogP contribution in [0.3, 0.4) is 0 Å². The number of carbonyl (C=O) groups excluding carboxylic acids is 1.